The minimum Gasteiger partial charge on any atom is -0.482 e. The zero-order valence-corrected chi connectivity index (χ0v) is 13.2. The Labute approximate surface area is 139 Å². The number of esters is 1. The maximum Gasteiger partial charge on any atom is 0.349 e. The van der Waals surface area contributed by atoms with Gasteiger partial charge in [-0.1, -0.05) is 19.1 Å². The molecule has 1 aliphatic heterocycles. The molecule has 1 N–H and O–H groups in total. The number of hydrogen-bond acceptors (Lipinski definition) is 5. The van der Waals surface area contributed by atoms with Crippen molar-refractivity contribution in [3.63, 3.8) is 0 Å². The second-order valence-corrected chi connectivity index (χ2v) is 5.26. The van der Waals surface area contributed by atoms with Crippen LogP contribution < -0.4 is 19.5 Å². The molecular formula is C18H17NO5. The van der Waals surface area contributed by atoms with Gasteiger partial charge in [-0.25, -0.2) is 4.79 Å². The van der Waals surface area contributed by atoms with Crippen LogP contribution in [0.4, 0.5) is 5.69 Å². The molecule has 0 aromatic heterocycles. The second kappa shape index (κ2) is 7.04. The number of fused-ring (bicyclic) bond motifs is 1. The molecule has 2 aromatic rings. The fourth-order valence-corrected chi connectivity index (χ4v) is 2.24. The van der Waals surface area contributed by atoms with Crippen molar-refractivity contribution in [3.8, 4) is 17.2 Å². The predicted octanol–water partition coefficient (Wildman–Crippen LogP) is 2.56. The number of carbonyl (C=O) groups excluding carboxylic acids is 2. The topological polar surface area (TPSA) is 73.9 Å². The predicted molar refractivity (Wildman–Crippen MR) is 87.5 cm³/mol. The highest BCUT2D eigenvalue weighted by molar-refractivity contribution is 5.95. The number of rotatable bonds is 5. The minimum atomic E-state index is -0.519. The molecule has 1 aliphatic rings. The lowest BCUT2D eigenvalue weighted by molar-refractivity contribution is -0.136. The van der Waals surface area contributed by atoms with E-state index in [2.05, 4.69) is 12.2 Å². The third kappa shape index (κ3) is 3.84. The van der Waals surface area contributed by atoms with Crippen molar-refractivity contribution in [2.24, 2.45) is 0 Å². The van der Waals surface area contributed by atoms with E-state index in [-0.39, 0.29) is 19.1 Å². The Morgan fingerprint density at radius 1 is 1.17 bits per heavy atom. The molecule has 1 heterocycles. The van der Waals surface area contributed by atoms with Crippen molar-refractivity contribution >= 4 is 17.6 Å². The summed E-state index contributed by atoms with van der Waals surface area (Å²) < 4.78 is 15.9. The monoisotopic (exact) mass is 327 g/mol. The summed E-state index contributed by atoms with van der Waals surface area (Å²) in [6.07, 6.45) is 0.948. The summed E-state index contributed by atoms with van der Waals surface area (Å²) >= 11 is 0. The van der Waals surface area contributed by atoms with E-state index in [1.54, 1.807) is 18.2 Å². The van der Waals surface area contributed by atoms with Crippen molar-refractivity contribution in [1.29, 1.82) is 0 Å². The maximum absolute atomic E-state index is 11.9. The summed E-state index contributed by atoms with van der Waals surface area (Å²) in [7, 11) is 0. The van der Waals surface area contributed by atoms with Crippen LogP contribution in [0.5, 0.6) is 17.2 Å². The Bertz CT molecular complexity index is 755. The average Bonchev–Trinajstić information content (AvgIpc) is 2.60. The lowest BCUT2D eigenvalue weighted by Gasteiger charge is -2.18. The highest BCUT2D eigenvalue weighted by Gasteiger charge is 2.17. The van der Waals surface area contributed by atoms with Crippen LogP contribution in [-0.4, -0.2) is 25.1 Å². The normalized spacial score (nSPS) is 12.6. The molecule has 6 heteroatoms. The molecule has 0 unspecified atom stereocenters. The fourth-order valence-electron chi connectivity index (χ4n) is 2.24. The first-order valence-corrected chi connectivity index (χ1v) is 7.63. The summed E-state index contributed by atoms with van der Waals surface area (Å²) in [6.45, 7) is 1.82. The van der Waals surface area contributed by atoms with Crippen molar-refractivity contribution in [2.75, 3.05) is 18.5 Å². The van der Waals surface area contributed by atoms with Crippen LogP contribution in [0.2, 0.25) is 0 Å². The van der Waals surface area contributed by atoms with Gasteiger partial charge in [0.15, 0.2) is 13.2 Å². The first kappa shape index (κ1) is 15.9. The summed E-state index contributed by atoms with van der Waals surface area (Å²) in [6, 6.07) is 12.3. The lowest BCUT2D eigenvalue weighted by Crippen LogP contribution is -2.25. The second-order valence-electron chi connectivity index (χ2n) is 5.26. The maximum atomic E-state index is 11.9. The minimum absolute atomic E-state index is 0.0543. The molecule has 0 saturated heterocycles. The Morgan fingerprint density at radius 2 is 1.92 bits per heavy atom. The van der Waals surface area contributed by atoms with Gasteiger partial charge in [0.2, 0.25) is 0 Å². The van der Waals surface area contributed by atoms with Crippen molar-refractivity contribution < 1.29 is 23.8 Å². The number of nitrogens with one attached hydrogen (secondary N) is 1. The first-order valence-electron chi connectivity index (χ1n) is 7.63. The van der Waals surface area contributed by atoms with Gasteiger partial charge >= 0.3 is 5.97 Å². The highest BCUT2D eigenvalue weighted by Crippen LogP contribution is 2.31. The van der Waals surface area contributed by atoms with E-state index in [1.165, 1.54) is 5.56 Å². The number of carbonyl (C=O) groups is 2. The van der Waals surface area contributed by atoms with E-state index in [1.807, 2.05) is 24.3 Å². The van der Waals surface area contributed by atoms with Gasteiger partial charge in [0, 0.05) is 6.07 Å². The van der Waals surface area contributed by atoms with E-state index in [9.17, 15) is 9.59 Å². The molecule has 24 heavy (non-hydrogen) atoms. The third-order valence-electron chi connectivity index (χ3n) is 3.51. The zero-order valence-electron chi connectivity index (χ0n) is 13.2. The Balaban J connectivity index is 1.55. The van der Waals surface area contributed by atoms with E-state index < -0.39 is 5.97 Å². The molecule has 0 saturated carbocycles. The van der Waals surface area contributed by atoms with Crippen molar-refractivity contribution in [3.05, 3.63) is 48.0 Å². The van der Waals surface area contributed by atoms with Gasteiger partial charge in [-0.15, -0.1) is 0 Å². The molecule has 3 rings (SSSR count). The van der Waals surface area contributed by atoms with Gasteiger partial charge in [-0.3, -0.25) is 4.79 Å². The summed E-state index contributed by atoms with van der Waals surface area (Å²) in [5.41, 5.74) is 1.75. The fraction of sp³-hybridized carbons (Fsp3) is 0.222. The molecule has 0 radical (unpaired) electrons. The van der Waals surface area contributed by atoms with Gasteiger partial charge in [0.25, 0.3) is 5.91 Å². The molecular weight excluding hydrogens is 310 g/mol. The van der Waals surface area contributed by atoms with Crippen LogP contribution in [0.15, 0.2) is 42.5 Å². The smallest absolute Gasteiger partial charge is 0.349 e. The van der Waals surface area contributed by atoms with Crippen molar-refractivity contribution in [1.82, 2.24) is 0 Å². The van der Waals surface area contributed by atoms with Gasteiger partial charge in [-0.05, 0) is 36.2 Å². The largest absolute Gasteiger partial charge is 0.482 e. The van der Waals surface area contributed by atoms with Crippen LogP contribution in [0, 0.1) is 0 Å². The zero-order chi connectivity index (χ0) is 16.9. The summed E-state index contributed by atoms with van der Waals surface area (Å²) in [4.78, 5) is 23.1. The van der Waals surface area contributed by atoms with Crippen LogP contribution in [-0.2, 0) is 16.0 Å². The number of ether oxygens (including phenoxy) is 3. The van der Waals surface area contributed by atoms with Crippen molar-refractivity contribution in [2.45, 2.75) is 13.3 Å². The highest BCUT2D eigenvalue weighted by atomic mass is 16.6. The van der Waals surface area contributed by atoms with Gasteiger partial charge in [0.1, 0.15) is 17.2 Å². The van der Waals surface area contributed by atoms with E-state index in [4.69, 9.17) is 14.2 Å². The van der Waals surface area contributed by atoms with Gasteiger partial charge in [-0.2, -0.15) is 0 Å². The quantitative estimate of drug-likeness (QED) is 0.675. The van der Waals surface area contributed by atoms with Crippen LogP contribution in [0.1, 0.15) is 12.5 Å². The van der Waals surface area contributed by atoms with E-state index >= 15 is 0 Å². The summed E-state index contributed by atoms with van der Waals surface area (Å²) in [5, 5.41) is 2.67. The molecule has 2 aromatic carbocycles. The number of anilines is 1. The number of amides is 1. The molecule has 0 bridgehead atoms. The standard InChI is InChI=1S/C18H17NO5/c1-2-12-3-5-13(6-4-12)22-11-18(21)24-14-7-8-15-16(9-14)23-10-17(20)19-15/h3-9H,2,10-11H2,1H3,(H,19,20). The molecule has 0 spiro atoms. The molecule has 0 fully saturated rings. The Kier molecular flexibility index (Phi) is 4.65. The number of aryl methyl sites for hydroxylation is 1. The van der Waals surface area contributed by atoms with Gasteiger partial charge < -0.3 is 19.5 Å². The molecule has 124 valence electrons. The number of benzene rings is 2. The van der Waals surface area contributed by atoms with E-state index in [0.29, 0.717) is 22.9 Å². The van der Waals surface area contributed by atoms with Gasteiger partial charge in [0.05, 0.1) is 5.69 Å². The molecule has 1 amide bonds. The molecule has 0 atom stereocenters. The first-order chi connectivity index (χ1) is 11.6. The van der Waals surface area contributed by atoms with Crippen LogP contribution >= 0.6 is 0 Å². The summed E-state index contributed by atoms with van der Waals surface area (Å²) in [5.74, 6) is 0.681. The number of hydrogen-bond donors (Lipinski definition) is 1. The third-order valence-corrected chi connectivity index (χ3v) is 3.51. The molecule has 6 nitrogen and oxygen atoms in total. The average molecular weight is 327 g/mol. The molecule has 0 aliphatic carbocycles. The Morgan fingerprint density at radius 3 is 2.67 bits per heavy atom. The van der Waals surface area contributed by atoms with Crippen LogP contribution in [0.25, 0.3) is 0 Å². The lowest BCUT2D eigenvalue weighted by atomic mass is 10.2. The van der Waals surface area contributed by atoms with E-state index in [0.717, 1.165) is 6.42 Å². The van der Waals surface area contributed by atoms with Crippen LogP contribution in [0.3, 0.4) is 0 Å². The Hall–Kier alpha value is -3.02. The SMILES string of the molecule is CCc1ccc(OCC(=O)Oc2ccc3c(c2)OCC(=O)N3)cc1.